The summed E-state index contributed by atoms with van der Waals surface area (Å²) in [4.78, 5) is 14.7. The van der Waals surface area contributed by atoms with Crippen molar-refractivity contribution in [1.29, 1.82) is 0 Å². The van der Waals surface area contributed by atoms with Crippen molar-refractivity contribution in [3.8, 4) is 11.4 Å². The molecule has 0 aliphatic carbocycles. The first-order chi connectivity index (χ1) is 14.2. The summed E-state index contributed by atoms with van der Waals surface area (Å²) < 4.78 is 2.02. The molecule has 0 saturated heterocycles. The van der Waals surface area contributed by atoms with Gasteiger partial charge in [-0.3, -0.25) is 9.36 Å². The SMILES string of the molecule is C=CCn1c(SCC(=O)N2CCc3ccccc3C2)nnc1-c1cccc(C)c1. The second-order valence-corrected chi connectivity index (χ2v) is 8.14. The fourth-order valence-corrected chi connectivity index (χ4v) is 4.46. The van der Waals surface area contributed by atoms with E-state index in [1.165, 1.54) is 28.5 Å². The molecular formula is C23H24N4OS. The number of allylic oxidation sites excluding steroid dienone is 1. The number of aryl methyl sites for hydroxylation is 1. The molecule has 0 unspecified atom stereocenters. The summed E-state index contributed by atoms with van der Waals surface area (Å²) in [6, 6.07) is 16.5. The van der Waals surface area contributed by atoms with Crippen LogP contribution >= 0.6 is 11.8 Å². The topological polar surface area (TPSA) is 51.0 Å². The van der Waals surface area contributed by atoms with E-state index in [0.29, 0.717) is 18.8 Å². The lowest BCUT2D eigenvalue weighted by Gasteiger charge is -2.28. The first kappa shape index (κ1) is 19.5. The Kier molecular flexibility index (Phi) is 5.81. The van der Waals surface area contributed by atoms with Crippen molar-refractivity contribution in [2.45, 2.75) is 31.6 Å². The van der Waals surface area contributed by atoms with Crippen LogP contribution in [0.1, 0.15) is 16.7 Å². The predicted molar refractivity (Wildman–Crippen MR) is 117 cm³/mol. The lowest BCUT2D eigenvalue weighted by Crippen LogP contribution is -2.37. The molecule has 5 nitrogen and oxygen atoms in total. The molecule has 0 atom stereocenters. The number of benzene rings is 2. The average molecular weight is 405 g/mol. The summed E-state index contributed by atoms with van der Waals surface area (Å²) in [7, 11) is 0. The van der Waals surface area contributed by atoms with Gasteiger partial charge in [0, 0.05) is 25.2 Å². The maximum Gasteiger partial charge on any atom is 0.233 e. The average Bonchev–Trinajstić information content (AvgIpc) is 3.14. The van der Waals surface area contributed by atoms with E-state index >= 15 is 0 Å². The lowest BCUT2D eigenvalue weighted by atomic mass is 10.00. The van der Waals surface area contributed by atoms with E-state index in [-0.39, 0.29) is 5.91 Å². The van der Waals surface area contributed by atoms with Gasteiger partial charge in [0.15, 0.2) is 11.0 Å². The molecule has 2 aromatic carbocycles. The first-order valence-electron chi connectivity index (χ1n) is 9.74. The van der Waals surface area contributed by atoms with Crippen LogP contribution in [0.15, 0.2) is 66.3 Å². The van der Waals surface area contributed by atoms with E-state index in [4.69, 9.17) is 0 Å². The summed E-state index contributed by atoms with van der Waals surface area (Å²) in [5, 5.41) is 9.48. The number of hydrogen-bond donors (Lipinski definition) is 0. The van der Waals surface area contributed by atoms with Crippen molar-refractivity contribution in [2.75, 3.05) is 12.3 Å². The van der Waals surface area contributed by atoms with Crippen molar-refractivity contribution in [1.82, 2.24) is 19.7 Å². The number of carbonyl (C=O) groups is 1. The van der Waals surface area contributed by atoms with Crippen LogP contribution in [0.3, 0.4) is 0 Å². The highest BCUT2D eigenvalue weighted by molar-refractivity contribution is 7.99. The Hall–Kier alpha value is -2.86. The van der Waals surface area contributed by atoms with Crippen molar-refractivity contribution in [2.24, 2.45) is 0 Å². The quantitative estimate of drug-likeness (QED) is 0.458. The molecule has 1 aliphatic heterocycles. The number of thioether (sulfide) groups is 1. The number of aromatic nitrogens is 3. The number of hydrogen-bond acceptors (Lipinski definition) is 4. The summed E-state index contributed by atoms with van der Waals surface area (Å²) in [6.45, 7) is 7.97. The Morgan fingerprint density at radius 3 is 2.79 bits per heavy atom. The Morgan fingerprint density at radius 2 is 2.00 bits per heavy atom. The minimum absolute atomic E-state index is 0.134. The Morgan fingerprint density at radius 1 is 1.17 bits per heavy atom. The summed E-state index contributed by atoms with van der Waals surface area (Å²) in [5.41, 5.74) is 4.78. The standard InChI is InChI=1S/C23H24N4OS/c1-3-12-27-22(19-10-6-7-17(2)14-19)24-25-23(27)29-16-21(28)26-13-11-18-8-4-5-9-20(18)15-26/h3-10,14H,1,11-13,15-16H2,2H3. The van der Waals surface area contributed by atoms with Crippen LogP contribution in [0, 0.1) is 6.92 Å². The molecule has 29 heavy (non-hydrogen) atoms. The van der Waals surface area contributed by atoms with E-state index in [9.17, 15) is 4.79 Å². The molecule has 1 aromatic heterocycles. The molecule has 0 N–H and O–H groups in total. The zero-order chi connectivity index (χ0) is 20.2. The van der Waals surface area contributed by atoms with Crippen LogP contribution in [-0.4, -0.2) is 37.9 Å². The number of nitrogens with zero attached hydrogens (tertiary/aromatic N) is 4. The van der Waals surface area contributed by atoms with Crippen molar-refractivity contribution in [3.05, 3.63) is 77.9 Å². The van der Waals surface area contributed by atoms with Crippen molar-refractivity contribution < 1.29 is 4.79 Å². The summed E-state index contributed by atoms with van der Waals surface area (Å²) in [6.07, 6.45) is 2.74. The van der Waals surface area contributed by atoms with Crippen LogP contribution < -0.4 is 0 Å². The Bertz CT molecular complexity index is 1040. The van der Waals surface area contributed by atoms with Crippen molar-refractivity contribution in [3.63, 3.8) is 0 Å². The van der Waals surface area contributed by atoms with E-state index in [2.05, 4.69) is 54.0 Å². The van der Waals surface area contributed by atoms with Crippen LogP contribution in [0.4, 0.5) is 0 Å². The zero-order valence-electron chi connectivity index (χ0n) is 16.5. The van der Waals surface area contributed by atoms with Crippen LogP contribution in [-0.2, 0) is 24.3 Å². The van der Waals surface area contributed by atoms with Gasteiger partial charge in [-0.15, -0.1) is 16.8 Å². The minimum Gasteiger partial charge on any atom is -0.337 e. The maximum atomic E-state index is 12.8. The van der Waals surface area contributed by atoms with Gasteiger partial charge in [-0.1, -0.05) is 65.9 Å². The smallest absolute Gasteiger partial charge is 0.233 e. The van der Waals surface area contributed by atoms with E-state index in [0.717, 1.165) is 29.5 Å². The molecule has 1 amide bonds. The summed E-state index contributed by atoms with van der Waals surface area (Å²) in [5.74, 6) is 1.29. The van der Waals surface area contributed by atoms with Gasteiger partial charge in [0.2, 0.25) is 5.91 Å². The fraction of sp³-hybridized carbons (Fsp3) is 0.261. The number of rotatable bonds is 6. The van der Waals surface area contributed by atoms with Gasteiger partial charge < -0.3 is 4.90 Å². The van der Waals surface area contributed by atoms with Gasteiger partial charge in [-0.2, -0.15) is 0 Å². The molecule has 0 saturated carbocycles. The Balaban J connectivity index is 1.47. The minimum atomic E-state index is 0.134. The molecule has 1 aliphatic rings. The van der Waals surface area contributed by atoms with Gasteiger partial charge in [0.1, 0.15) is 0 Å². The van der Waals surface area contributed by atoms with E-state index < -0.39 is 0 Å². The van der Waals surface area contributed by atoms with Crippen LogP contribution in [0.2, 0.25) is 0 Å². The molecule has 0 bridgehead atoms. The fourth-order valence-electron chi connectivity index (χ4n) is 3.61. The van der Waals surface area contributed by atoms with Gasteiger partial charge in [-0.05, 0) is 30.5 Å². The number of carbonyl (C=O) groups excluding carboxylic acids is 1. The molecule has 6 heteroatoms. The van der Waals surface area contributed by atoms with Crippen LogP contribution in [0.25, 0.3) is 11.4 Å². The van der Waals surface area contributed by atoms with E-state index in [1.54, 1.807) is 0 Å². The number of amides is 1. The van der Waals surface area contributed by atoms with Crippen molar-refractivity contribution >= 4 is 17.7 Å². The first-order valence-corrected chi connectivity index (χ1v) is 10.7. The third-order valence-electron chi connectivity index (χ3n) is 5.11. The maximum absolute atomic E-state index is 12.8. The molecular weight excluding hydrogens is 380 g/mol. The monoisotopic (exact) mass is 404 g/mol. The van der Waals surface area contributed by atoms with Gasteiger partial charge in [0.25, 0.3) is 0 Å². The predicted octanol–water partition coefficient (Wildman–Crippen LogP) is 4.12. The van der Waals surface area contributed by atoms with Crippen LogP contribution in [0.5, 0.6) is 0 Å². The molecule has 0 radical (unpaired) electrons. The van der Waals surface area contributed by atoms with Gasteiger partial charge in [0.05, 0.1) is 5.75 Å². The molecule has 2 heterocycles. The third kappa shape index (κ3) is 4.27. The van der Waals surface area contributed by atoms with E-state index in [1.807, 2.05) is 33.7 Å². The largest absolute Gasteiger partial charge is 0.337 e. The van der Waals surface area contributed by atoms with Gasteiger partial charge in [-0.25, -0.2) is 0 Å². The zero-order valence-corrected chi connectivity index (χ0v) is 17.4. The molecule has 148 valence electrons. The Labute approximate surface area is 175 Å². The second-order valence-electron chi connectivity index (χ2n) is 7.20. The molecule has 0 fully saturated rings. The van der Waals surface area contributed by atoms with Gasteiger partial charge >= 0.3 is 0 Å². The normalized spacial score (nSPS) is 13.2. The third-order valence-corrected chi connectivity index (χ3v) is 6.06. The molecule has 4 rings (SSSR count). The molecule has 0 spiro atoms. The second kappa shape index (κ2) is 8.66. The highest BCUT2D eigenvalue weighted by atomic mass is 32.2. The highest BCUT2D eigenvalue weighted by Gasteiger charge is 2.22. The number of fused-ring (bicyclic) bond motifs is 1. The molecule has 3 aromatic rings. The highest BCUT2D eigenvalue weighted by Crippen LogP contribution is 2.26. The summed E-state index contributed by atoms with van der Waals surface area (Å²) >= 11 is 1.44. The lowest BCUT2D eigenvalue weighted by molar-refractivity contribution is -0.129.